The molecule has 0 atom stereocenters. The van der Waals surface area contributed by atoms with Crippen LogP contribution in [0.15, 0.2) is 41.6 Å². The molecule has 19 heavy (non-hydrogen) atoms. The Morgan fingerprint density at radius 3 is 2.37 bits per heavy atom. The highest BCUT2D eigenvalue weighted by atomic mass is 32.2. The van der Waals surface area contributed by atoms with Gasteiger partial charge in [0.15, 0.2) is 0 Å². The van der Waals surface area contributed by atoms with Crippen molar-refractivity contribution in [2.45, 2.75) is 25.3 Å². The van der Waals surface area contributed by atoms with Crippen molar-refractivity contribution in [3.63, 3.8) is 0 Å². The monoisotopic (exact) mass is 277 g/mol. The van der Waals surface area contributed by atoms with Crippen molar-refractivity contribution < 1.29 is 4.39 Å². The second kappa shape index (κ2) is 6.63. The van der Waals surface area contributed by atoms with Gasteiger partial charge in [-0.2, -0.15) is 0 Å². The quantitative estimate of drug-likeness (QED) is 0.783. The molecule has 0 N–H and O–H groups in total. The standard InChI is InChI=1S/C14H16FN3S/c1-3-18(10-12-4-6-13(15)7-5-12)19-14-8-16-11(2)17-9-14/h4-9H,3,10H2,1-2H3. The first kappa shape index (κ1) is 14.0. The van der Waals surface area contributed by atoms with E-state index in [1.807, 2.05) is 31.5 Å². The molecule has 100 valence electrons. The van der Waals surface area contributed by atoms with Gasteiger partial charge in [0.2, 0.25) is 0 Å². The number of aromatic nitrogens is 2. The van der Waals surface area contributed by atoms with Crippen LogP contribution in [0.5, 0.6) is 0 Å². The van der Waals surface area contributed by atoms with Crippen LogP contribution in [0.4, 0.5) is 4.39 Å². The van der Waals surface area contributed by atoms with Crippen LogP contribution in [-0.4, -0.2) is 20.8 Å². The van der Waals surface area contributed by atoms with Gasteiger partial charge >= 0.3 is 0 Å². The summed E-state index contributed by atoms with van der Waals surface area (Å²) in [5, 5.41) is 0. The minimum Gasteiger partial charge on any atom is -0.242 e. The molecule has 0 fully saturated rings. The first-order valence-electron chi connectivity index (χ1n) is 6.13. The first-order chi connectivity index (χ1) is 9.17. The minimum absolute atomic E-state index is 0.202. The van der Waals surface area contributed by atoms with E-state index in [-0.39, 0.29) is 5.82 Å². The van der Waals surface area contributed by atoms with E-state index in [0.29, 0.717) is 0 Å². The summed E-state index contributed by atoms with van der Waals surface area (Å²) in [5.41, 5.74) is 1.09. The van der Waals surface area contributed by atoms with Crippen molar-refractivity contribution in [3.8, 4) is 0 Å². The summed E-state index contributed by atoms with van der Waals surface area (Å²) >= 11 is 1.61. The van der Waals surface area contributed by atoms with Crippen molar-refractivity contribution in [2.75, 3.05) is 6.54 Å². The second-order valence-electron chi connectivity index (χ2n) is 4.14. The summed E-state index contributed by atoms with van der Waals surface area (Å²) < 4.78 is 15.0. The van der Waals surface area contributed by atoms with Crippen molar-refractivity contribution >= 4 is 11.9 Å². The number of nitrogens with zero attached hydrogens (tertiary/aromatic N) is 3. The van der Waals surface area contributed by atoms with Gasteiger partial charge in [0.1, 0.15) is 11.6 Å². The molecule has 0 saturated heterocycles. The molecular formula is C14H16FN3S. The van der Waals surface area contributed by atoms with Crippen LogP contribution < -0.4 is 0 Å². The molecule has 1 aromatic carbocycles. The Bertz CT molecular complexity index is 466. The van der Waals surface area contributed by atoms with Crippen molar-refractivity contribution in [3.05, 3.63) is 53.9 Å². The molecule has 1 aromatic heterocycles. The molecule has 5 heteroatoms. The Morgan fingerprint density at radius 1 is 1.16 bits per heavy atom. The Morgan fingerprint density at radius 2 is 1.79 bits per heavy atom. The third-order valence-corrected chi connectivity index (χ3v) is 3.68. The number of benzene rings is 1. The van der Waals surface area contributed by atoms with Crippen molar-refractivity contribution in [2.24, 2.45) is 0 Å². The van der Waals surface area contributed by atoms with E-state index in [1.165, 1.54) is 12.1 Å². The number of hydrogen-bond donors (Lipinski definition) is 0. The van der Waals surface area contributed by atoms with E-state index in [4.69, 9.17) is 0 Å². The van der Waals surface area contributed by atoms with Gasteiger partial charge in [-0.05, 0) is 36.6 Å². The van der Waals surface area contributed by atoms with Gasteiger partial charge in [-0.15, -0.1) is 0 Å². The van der Waals surface area contributed by atoms with E-state index in [1.54, 1.807) is 11.9 Å². The Kier molecular flexibility index (Phi) is 4.87. The Balaban J connectivity index is 2.00. The molecule has 0 radical (unpaired) electrons. The fourth-order valence-corrected chi connectivity index (χ4v) is 2.42. The van der Waals surface area contributed by atoms with E-state index < -0.39 is 0 Å². The molecule has 0 spiro atoms. The molecule has 0 amide bonds. The number of aryl methyl sites for hydroxylation is 1. The highest BCUT2D eigenvalue weighted by molar-refractivity contribution is 7.97. The van der Waals surface area contributed by atoms with Gasteiger partial charge in [0.25, 0.3) is 0 Å². The molecule has 0 aliphatic heterocycles. The predicted octanol–water partition coefficient (Wildman–Crippen LogP) is 3.45. The number of hydrogen-bond acceptors (Lipinski definition) is 4. The summed E-state index contributed by atoms with van der Waals surface area (Å²) in [4.78, 5) is 9.36. The average molecular weight is 277 g/mol. The molecule has 0 saturated carbocycles. The van der Waals surface area contributed by atoms with Gasteiger partial charge in [0.05, 0.1) is 4.90 Å². The van der Waals surface area contributed by atoms with Crippen molar-refractivity contribution in [1.82, 2.24) is 14.3 Å². The van der Waals surface area contributed by atoms with Crippen molar-refractivity contribution in [1.29, 1.82) is 0 Å². The number of halogens is 1. The van der Waals surface area contributed by atoms with E-state index in [0.717, 1.165) is 29.4 Å². The molecule has 0 unspecified atom stereocenters. The lowest BCUT2D eigenvalue weighted by Crippen LogP contribution is -2.14. The average Bonchev–Trinajstić information content (AvgIpc) is 2.43. The van der Waals surface area contributed by atoms with Gasteiger partial charge in [-0.25, -0.2) is 18.7 Å². The van der Waals surface area contributed by atoms with Gasteiger partial charge in [-0.1, -0.05) is 19.1 Å². The van der Waals surface area contributed by atoms with Gasteiger partial charge in [0, 0.05) is 25.5 Å². The summed E-state index contributed by atoms with van der Waals surface area (Å²) in [7, 11) is 0. The van der Waals surface area contributed by atoms with Crippen LogP contribution in [0.2, 0.25) is 0 Å². The zero-order valence-electron chi connectivity index (χ0n) is 11.0. The molecule has 0 bridgehead atoms. The van der Waals surface area contributed by atoms with E-state index in [9.17, 15) is 4.39 Å². The van der Waals surface area contributed by atoms with Crippen LogP contribution in [0.3, 0.4) is 0 Å². The summed E-state index contributed by atoms with van der Waals surface area (Å²) in [5.74, 6) is 0.567. The van der Waals surface area contributed by atoms with Gasteiger partial charge in [-0.3, -0.25) is 0 Å². The summed E-state index contributed by atoms with van der Waals surface area (Å²) in [6, 6.07) is 6.60. The minimum atomic E-state index is -0.202. The third kappa shape index (κ3) is 4.29. The molecule has 0 aliphatic carbocycles. The van der Waals surface area contributed by atoms with E-state index in [2.05, 4.69) is 21.2 Å². The normalized spacial score (nSPS) is 10.9. The SMILES string of the molecule is CCN(Cc1ccc(F)cc1)Sc1cnc(C)nc1. The topological polar surface area (TPSA) is 29.0 Å². The summed E-state index contributed by atoms with van der Waals surface area (Å²) in [6.45, 7) is 5.60. The molecular weight excluding hydrogens is 261 g/mol. The zero-order chi connectivity index (χ0) is 13.7. The highest BCUT2D eigenvalue weighted by Crippen LogP contribution is 2.23. The fraction of sp³-hybridized carbons (Fsp3) is 0.286. The summed E-state index contributed by atoms with van der Waals surface area (Å²) in [6.07, 6.45) is 3.64. The van der Waals surface area contributed by atoms with Crippen LogP contribution >= 0.6 is 11.9 Å². The largest absolute Gasteiger partial charge is 0.242 e. The molecule has 3 nitrogen and oxygen atoms in total. The third-order valence-electron chi connectivity index (χ3n) is 2.62. The predicted molar refractivity (Wildman–Crippen MR) is 75.1 cm³/mol. The lowest BCUT2D eigenvalue weighted by atomic mass is 10.2. The Hall–Kier alpha value is -1.46. The Labute approximate surface area is 117 Å². The molecule has 0 aliphatic rings. The smallest absolute Gasteiger partial charge is 0.125 e. The fourth-order valence-electron chi connectivity index (χ4n) is 1.58. The maximum absolute atomic E-state index is 12.9. The lowest BCUT2D eigenvalue weighted by molar-refractivity contribution is 0.492. The van der Waals surface area contributed by atoms with Crippen LogP contribution in [0, 0.1) is 12.7 Å². The molecule has 1 heterocycles. The van der Waals surface area contributed by atoms with Crippen LogP contribution in [0.25, 0.3) is 0 Å². The second-order valence-corrected chi connectivity index (χ2v) is 5.31. The zero-order valence-corrected chi connectivity index (χ0v) is 11.8. The lowest BCUT2D eigenvalue weighted by Gasteiger charge is -2.18. The number of rotatable bonds is 5. The van der Waals surface area contributed by atoms with Crippen LogP contribution in [-0.2, 0) is 6.54 Å². The van der Waals surface area contributed by atoms with E-state index >= 15 is 0 Å². The first-order valence-corrected chi connectivity index (χ1v) is 6.90. The van der Waals surface area contributed by atoms with Gasteiger partial charge < -0.3 is 0 Å². The van der Waals surface area contributed by atoms with Crippen LogP contribution in [0.1, 0.15) is 18.3 Å². The molecule has 2 aromatic rings. The highest BCUT2D eigenvalue weighted by Gasteiger charge is 2.07. The molecule has 2 rings (SSSR count). The maximum Gasteiger partial charge on any atom is 0.125 e. The maximum atomic E-state index is 12.9.